The highest BCUT2D eigenvalue weighted by Gasteiger charge is 2.12. The zero-order chi connectivity index (χ0) is 16.7. The fraction of sp³-hybridized carbons (Fsp3) is 0.222. The minimum atomic E-state index is -0.401. The van der Waals surface area contributed by atoms with Crippen molar-refractivity contribution in [2.24, 2.45) is 0 Å². The van der Waals surface area contributed by atoms with Crippen molar-refractivity contribution in [1.29, 1.82) is 0 Å². The first-order chi connectivity index (χ1) is 11.1. The van der Waals surface area contributed by atoms with Crippen LogP contribution in [-0.2, 0) is 16.0 Å². The maximum absolute atomic E-state index is 13.3. The molecule has 2 aromatic carbocycles. The predicted octanol–water partition coefficient (Wildman–Crippen LogP) is 2.54. The third kappa shape index (κ3) is 5.21. The van der Waals surface area contributed by atoms with E-state index in [1.165, 1.54) is 24.0 Å². The zero-order valence-corrected chi connectivity index (χ0v) is 13.0. The first-order valence-electron chi connectivity index (χ1n) is 7.40. The van der Waals surface area contributed by atoms with Gasteiger partial charge in [0.15, 0.2) is 0 Å². The van der Waals surface area contributed by atoms with Gasteiger partial charge >= 0.3 is 0 Å². The molecule has 0 atom stereocenters. The van der Waals surface area contributed by atoms with E-state index in [-0.39, 0.29) is 11.8 Å². The summed E-state index contributed by atoms with van der Waals surface area (Å²) in [5.74, 6) is -0.714. The molecule has 4 nitrogen and oxygen atoms in total. The van der Waals surface area contributed by atoms with Crippen LogP contribution in [0.25, 0.3) is 0 Å². The van der Waals surface area contributed by atoms with Crippen LogP contribution in [0.3, 0.4) is 0 Å². The lowest BCUT2D eigenvalue weighted by molar-refractivity contribution is -0.121. The molecule has 0 spiro atoms. The Labute approximate surface area is 134 Å². The first kappa shape index (κ1) is 16.7. The molecular formula is C18H19FN2O2. The van der Waals surface area contributed by atoms with E-state index >= 15 is 0 Å². The summed E-state index contributed by atoms with van der Waals surface area (Å²) < 4.78 is 13.3. The summed E-state index contributed by atoms with van der Waals surface area (Å²) in [6, 6.07) is 15.3. The average Bonchev–Trinajstić information content (AvgIpc) is 2.52. The fourth-order valence-electron chi connectivity index (χ4n) is 2.26. The Hall–Kier alpha value is -2.69. The zero-order valence-electron chi connectivity index (χ0n) is 13.0. The number of benzene rings is 2. The summed E-state index contributed by atoms with van der Waals surface area (Å²) in [4.78, 5) is 25.0. The standard InChI is InChI=1S/C18H19FN2O2/c1-14(22)21(17-9-5-8-16(19)13-17)11-10-20-18(23)12-15-6-3-2-4-7-15/h2-9,13H,10-12H2,1H3,(H,20,23). The van der Waals surface area contributed by atoms with Crippen LogP contribution in [0.5, 0.6) is 0 Å². The second kappa shape index (κ2) is 8.08. The van der Waals surface area contributed by atoms with Crippen LogP contribution < -0.4 is 10.2 Å². The Morgan fingerprint density at radius 3 is 2.48 bits per heavy atom. The number of nitrogens with zero attached hydrogens (tertiary/aromatic N) is 1. The number of hydrogen-bond acceptors (Lipinski definition) is 2. The van der Waals surface area contributed by atoms with E-state index in [1.807, 2.05) is 30.3 Å². The molecule has 0 aliphatic heterocycles. The molecule has 0 saturated carbocycles. The summed E-state index contributed by atoms with van der Waals surface area (Å²) >= 11 is 0. The van der Waals surface area contributed by atoms with Crippen LogP contribution in [0.4, 0.5) is 10.1 Å². The number of rotatable bonds is 6. The van der Waals surface area contributed by atoms with Gasteiger partial charge in [-0.15, -0.1) is 0 Å². The van der Waals surface area contributed by atoms with Gasteiger partial charge in [0.25, 0.3) is 0 Å². The number of nitrogens with one attached hydrogen (secondary N) is 1. The monoisotopic (exact) mass is 314 g/mol. The van der Waals surface area contributed by atoms with Crippen LogP contribution in [0.1, 0.15) is 12.5 Å². The fourth-order valence-corrected chi connectivity index (χ4v) is 2.26. The molecule has 0 aliphatic rings. The molecule has 5 heteroatoms. The normalized spacial score (nSPS) is 10.2. The largest absolute Gasteiger partial charge is 0.354 e. The minimum Gasteiger partial charge on any atom is -0.354 e. The number of anilines is 1. The lowest BCUT2D eigenvalue weighted by Crippen LogP contribution is -2.38. The number of hydrogen-bond donors (Lipinski definition) is 1. The van der Waals surface area contributed by atoms with Gasteiger partial charge < -0.3 is 10.2 Å². The van der Waals surface area contributed by atoms with Crippen molar-refractivity contribution >= 4 is 17.5 Å². The van der Waals surface area contributed by atoms with Gasteiger partial charge in [-0.2, -0.15) is 0 Å². The Balaban J connectivity index is 1.87. The molecule has 2 amide bonds. The van der Waals surface area contributed by atoms with Gasteiger partial charge in [-0.25, -0.2) is 4.39 Å². The van der Waals surface area contributed by atoms with Crippen LogP contribution >= 0.6 is 0 Å². The number of halogens is 1. The predicted molar refractivity (Wildman–Crippen MR) is 87.6 cm³/mol. The van der Waals surface area contributed by atoms with Crippen LogP contribution in [0.2, 0.25) is 0 Å². The van der Waals surface area contributed by atoms with E-state index in [0.29, 0.717) is 25.2 Å². The number of amides is 2. The molecule has 0 bridgehead atoms. The summed E-state index contributed by atoms with van der Waals surface area (Å²) in [5.41, 5.74) is 1.41. The van der Waals surface area contributed by atoms with E-state index in [1.54, 1.807) is 12.1 Å². The van der Waals surface area contributed by atoms with E-state index in [2.05, 4.69) is 5.32 Å². The Morgan fingerprint density at radius 1 is 1.09 bits per heavy atom. The lowest BCUT2D eigenvalue weighted by Gasteiger charge is -2.21. The van der Waals surface area contributed by atoms with Crippen molar-refractivity contribution in [2.45, 2.75) is 13.3 Å². The Kier molecular flexibility index (Phi) is 5.86. The molecule has 0 radical (unpaired) electrons. The molecule has 2 aromatic rings. The Morgan fingerprint density at radius 2 is 1.83 bits per heavy atom. The molecular weight excluding hydrogens is 295 g/mol. The lowest BCUT2D eigenvalue weighted by atomic mass is 10.1. The maximum atomic E-state index is 13.3. The van der Waals surface area contributed by atoms with E-state index in [9.17, 15) is 14.0 Å². The summed E-state index contributed by atoms with van der Waals surface area (Å²) in [5, 5.41) is 2.77. The third-order valence-corrected chi connectivity index (χ3v) is 3.37. The highest BCUT2D eigenvalue weighted by atomic mass is 19.1. The highest BCUT2D eigenvalue weighted by Crippen LogP contribution is 2.15. The third-order valence-electron chi connectivity index (χ3n) is 3.37. The maximum Gasteiger partial charge on any atom is 0.224 e. The second-order valence-electron chi connectivity index (χ2n) is 5.16. The molecule has 23 heavy (non-hydrogen) atoms. The van der Waals surface area contributed by atoms with Gasteiger partial charge in [-0.1, -0.05) is 36.4 Å². The van der Waals surface area contributed by atoms with E-state index in [4.69, 9.17) is 0 Å². The number of carbonyl (C=O) groups excluding carboxylic acids is 2. The summed E-state index contributed by atoms with van der Waals surface area (Å²) in [6.07, 6.45) is 0.293. The molecule has 2 rings (SSSR count). The van der Waals surface area contributed by atoms with Crippen molar-refractivity contribution < 1.29 is 14.0 Å². The van der Waals surface area contributed by atoms with Gasteiger partial charge in [-0.3, -0.25) is 9.59 Å². The molecule has 0 aromatic heterocycles. The quantitative estimate of drug-likeness (QED) is 0.891. The number of carbonyl (C=O) groups is 2. The van der Waals surface area contributed by atoms with Crippen LogP contribution in [-0.4, -0.2) is 24.9 Å². The van der Waals surface area contributed by atoms with Crippen molar-refractivity contribution in [2.75, 3.05) is 18.0 Å². The van der Waals surface area contributed by atoms with Crippen molar-refractivity contribution in [1.82, 2.24) is 5.32 Å². The van der Waals surface area contributed by atoms with Gasteiger partial charge in [0.2, 0.25) is 11.8 Å². The van der Waals surface area contributed by atoms with Crippen molar-refractivity contribution in [3.05, 3.63) is 66.0 Å². The average molecular weight is 314 g/mol. The summed E-state index contributed by atoms with van der Waals surface area (Å²) in [6.45, 7) is 2.01. The van der Waals surface area contributed by atoms with E-state index in [0.717, 1.165) is 5.56 Å². The van der Waals surface area contributed by atoms with Gasteiger partial charge in [0.1, 0.15) is 5.82 Å². The molecule has 120 valence electrons. The second-order valence-corrected chi connectivity index (χ2v) is 5.16. The van der Waals surface area contributed by atoms with Crippen LogP contribution in [0.15, 0.2) is 54.6 Å². The summed E-state index contributed by atoms with van der Waals surface area (Å²) in [7, 11) is 0. The Bertz CT molecular complexity index is 674. The van der Waals surface area contributed by atoms with Gasteiger partial charge in [-0.05, 0) is 23.8 Å². The minimum absolute atomic E-state index is 0.112. The molecule has 0 heterocycles. The topological polar surface area (TPSA) is 49.4 Å². The molecule has 0 unspecified atom stereocenters. The molecule has 0 fully saturated rings. The first-order valence-corrected chi connectivity index (χ1v) is 7.40. The van der Waals surface area contributed by atoms with Crippen molar-refractivity contribution in [3.8, 4) is 0 Å². The van der Waals surface area contributed by atoms with Crippen LogP contribution in [0, 0.1) is 5.82 Å². The van der Waals surface area contributed by atoms with E-state index < -0.39 is 5.82 Å². The smallest absolute Gasteiger partial charge is 0.224 e. The SMILES string of the molecule is CC(=O)N(CCNC(=O)Cc1ccccc1)c1cccc(F)c1. The van der Waals surface area contributed by atoms with Gasteiger partial charge in [0, 0.05) is 25.7 Å². The molecule has 1 N–H and O–H groups in total. The molecule has 0 aliphatic carbocycles. The van der Waals surface area contributed by atoms with Crippen molar-refractivity contribution in [3.63, 3.8) is 0 Å². The highest BCUT2D eigenvalue weighted by molar-refractivity contribution is 5.91. The molecule has 0 saturated heterocycles. The van der Waals surface area contributed by atoms with Gasteiger partial charge in [0.05, 0.1) is 6.42 Å².